The second kappa shape index (κ2) is 6.73. The van der Waals surface area contributed by atoms with E-state index in [1.807, 2.05) is 42.7 Å². The fourth-order valence-electron chi connectivity index (χ4n) is 3.16. The molecule has 4 nitrogen and oxygen atoms in total. The highest BCUT2D eigenvalue weighted by Gasteiger charge is 2.20. The van der Waals surface area contributed by atoms with Gasteiger partial charge in [-0.15, -0.1) is 0 Å². The van der Waals surface area contributed by atoms with E-state index in [1.54, 1.807) is 18.2 Å². The summed E-state index contributed by atoms with van der Waals surface area (Å²) in [4.78, 5) is 24.0. The van der Waals surface area contributed by atoms with Crippen LogP contribution in [-0.2, 0) is 6.54 Å². The number of halogens is 1. The van der Waals surface area contributed by atoms with Gasteiger partial charge in [0.2, 0.25) is 5.91 Å². The standard InChI is InChI=1S/C20H19ClN2O2/c1-3-18(24)19-12(2)23(11-14-6-4-5-7-16(14)21)17-10-13(20(22)25)8-9-15(17)19/h4-10H,3,11H2,1-2H3,(H2,22,25). The summed E-state index contributed by atoms with van der Waals surface area (Å²) in [5, 5.41) is 1.50. The maximum Gasteiger partial charge on any atom is 0.248 e. The molecule has 0 unspecified atom stereocenters. The summed E-state index contributed by atoms with van der Waals surface area (Å²) in [7, 11) is 0. The molecule has 2 N–H and O–H groups in total. The number of Topliss-reactive ketones (excluding diaryl/α,β-unsaturated/α-hetero) is 1. The third-order valence-corrected chi connectivity index (χ3v) is 4.86. The van der Waals surface area contributed by atoms with Crippen molar-refractivity contribution in [2.75, 3.05) is 0 Å². The highest BCUT2D eigenvalue weighted by molar-refractivity contribution is 6.31. The van der Waals surface area contributed by atoms with Crippen LogP contribution < -0.4 is 5.73 Å². The highest BCUT2D eigenvalue weighted by Crippen LogP contribution is 2.30. The largest absolute Gasteiger partial charge is 0.366 e. The van der Waals surface area contributed by atoms with Crippen LogP contribution in [0, 0.1) is 6.92 Å². The van der Waals surface area contributed by atoms with Crippen molar-refractivity contribution in [3.8, 4) is 0 Å². The van der Waals surface area contributed by atoms with Crippen molar-refractivity contribution in [3.63, 3.8) is 0 Å². The van der Waals surface area contributed by atoms with Crippen LogP contribution in [0.5, 0.6) is 0 Å². The van der Waals surface area contributed by atoms with Crippen molar-refractivity contribution in [1.29, 1.82) is 0 Å². The number of ketones is 1. The van der Waals surface area contributed by atoms with E-state index >= 15 is 0 Å². The highest BCUT2D eigenvalue weighted by atomic mass is 35.5. The van der Waals surface area contributed by atoms with Gasteiger partial charge in [0.25, 0.3) is 0 Å². The van der Waals surface area contributed by atoms with Gasteiger partial charge in [0, 0.05) is 40.2 Å². The van der Waals surface area contributed by atoms with Gasteiger partial charge in [-0.05, 0) is 30.7 Å². The second-order valence-electron chi connectivity index (χ2n) is 6.01. The van der Waals surface area contributed by atoms with Crippen molar-refractivity contribution < 1.29 is 9.59 Å². The summed E-state index contributed by atoms with van der Waals surface area (Å²) in [6, 6.07) is 12.8. The number of carbonyl (C=O) groups is 2. The first-order valence-electron chi connectivity index (χ1n) is 8.13. The van der Waals surface area contributed by atoms with Crippen molar-refractivity contribution in [1.82, 2.24) is 4.57 Å². The number of primary amides is 1. The molecule has 0 atom stereocenters. The van der Waals surface area contributed by atoms with Crippen LogP contribution in [0.1, 0.15) is 45.3 Å². The number of hydrogen-bond donors (Lipinski definition) is 1. The zero-order valence-corrected chi connectivity index (χ0v) is 14.9. The predicted octanol–water partition coefficient (Wildman–Crippen LogP) is 4.34. The monoisotopic (exact) mass is 354 g/mol. The molecule has 0 bridgehead atoms. The number of aromatic nitrogens is 1. The van der Waals surface area contributed by atoms with Crippen LogP contribution in [0.25, 0.3) is 10.9 Å². The van der Waals surface area contributed by atoms with Crippen molar-refractivity contribution in [2.45, 2.75) is 26.8 Å². The van der Waals surface area contributed by atoms with Gasteiger partial charge in [-0.1, -0.05) is 42.8 Å². The van der Waals surface area contributed by atoms with E-state index in [9.17, 15) is 9.59 Å². The summed E-state index contributed by atoms with van der Waals surface area (Å²) < 4.78 is 2.02. The molecule has 0 saturated heterocycles. The van der Waals surface area contributed by atoms with E-state index in [0.29, 0.717) is 29.1 Å². The average Bonchev–Trinajstić information content (AvgIpc) is 2.87. The fraction of sp³-hybridized carbons (Fsp3) is 0.200. The number of fused-ring (bicyclic) bond motifs is 1. The van der Waals surface area contributed by atoms with Gasteiger partial charge in [-0.25, -0.2) is 0 Å². The maximum atomic E-state index is 12.5. The Hall–Kier alpha value is -2.59. The molecular formula is C20H19ClN2O2. The maximum absolute atomic E-state index is 12.5. The molecule has 0 aliphatic rings. The van der Waals surface area contributed by atoms with Gasteiger partial charge >= 0.3 is 0 Å². The van der Waals surface area contributed by atoms with Crippen LogP contribution in [-0.4, -0.2) is 16.3 Å². The van der Waals surface area contributed by atoms with Gasteiger partial charge in [-0.2, -0.15) is 0 Å². The third kappa shape index (κ3) is 3.05. The zero-order chi connectivity index (χ0) is 18.1. The Balaban J connectivity index is 2.26. The Morgan fingerprint density at radius 3 is 2.52 bits per heavy atom. The molecule has 1 heterocycles. The van der Waals surface area contributed by atoms with Gasteiger partial charge in [0.1, 0.15) is 0 Å². The first-order chi connectivity index (χ1) is 11.9. The number of nitrogens with two attached hydrogens (primary N) is 1. The van der Waals surface area contributed by atoms with Crippen LogP contribution in [0.4, 0.5) is 0 Å². The molecule has 3 rings (SSSR count). The van der Waals surface area contributed by atoms with Crippen molar-refractivity contribution >= 4 is 34.2 Å². The number of rotatable bonds is 5. The van der Waals surface area contributed by atoms with E-state index in [-0.39, 0.29) is 5.78 Å². The van der Waals surface area contributed by atoms with Gasteiger partial charge in [0.15, 0.2) is 5.78 Å². The van der Waals surface area contributed by atoms with Gasteiger partial charge in [-0.3, -0.25) is 9.59 Å². The van der Waals surface area contributed by atoms with Crippen LogP contribution in [0.2, 0.25) is 5.02 Å². The number of benzene rings is 2. The first kappa shape index (κ1) is 17.2. The molecule has 5 heteroatoms. The molecule has 0 aliphatic heterocycles. The first-order valence-corrected chi connectivity index (χ1v) is 8.51. The van der Waals surface area contributed by atoms with Crippen molar-refractivity contribution in [3.05, 3.63) is 69.9 Å². The minimum Gasteiger partial charge on any atom is -0.366 e. The summed E-state index contributed by atoms with van der Waals surface area (Å²) in [6.07, 6.45) is 0.420. The molecule has 0 aliphatic carbocycles. The number of carbonyl (C=O) groups excluding carboxylic acids is 2. The molecule has 0 saturated carbocycles. The quantitative estimate of drug-likeness (QED) is 0.692. The Bertz CT molecular complexity index is 989. The SMILES string of the molecule is CCC(=O)c1c(C)n(Cc2ccccc2Cl)c2cc(C(N)=O)ccc12. The molecule has 128 valence electrons. The number of amides is 1. The Morgan fingerprint density at radius 2 is 1.88 bits per heavy atom. The lowest BCUT2D eigenvalue weighted by molar-refractivity contribution is 0.0985. The fourth-order valence-corrected chi connectivity index (χ4v) is 3.36. The molecular weight excluding hydrogens is 336 g/mol. The molecule has 2 aromatic carbocycles. The minimum atomic E-state index is -0.492. The lowest BCUT2D eigenvalue weighted by Crippen LogP contribution is -2.11. The summed E-state index contributed by atoms with van der Waals surface area (Å²) in [6.45, 7) is 4.28. The molecule has 1 aromatic heterocycles. The number of nitrogens with zero attached hydrogens (tertiary/aromatic N) is 1. The summed E-state index contributed by atoms with van der Waals surface area (Å²) in [5.41, 5.74) is 9.16. The molecule has 0 radical (unpaired) electrons. The number of hydrogen-bond acceptors (Lipinski definition) is 2. The van der Waals surface area contributed by atoms with Gasteiger partial charge < -0.3 is 10.3 Å². The Labute approximate surface area is 151 Å². The predicted molar refractivity (Wildman–Crippen MR) is 100 cm³/mol. The Morgan fingerprint density at radius 1 is 1.16 bits per heavy atom. The Kier molecular flexibility index (Phi) is 4.64. The van der Waals surface area contributed by atoms with Crippen LogP contribution in [0.15, 0.2) is 42.5 Å². The summed E-state index contributed by atoms with van der Waals surface area (Å²) >= 11 is 6.30. The molecule has 0 spiro atoms. The van der Waals surface area contributed by atoms with E-state index < -0.39 is 5.91 Å². The molecule has 3 aromatic rings. The minimum absolute atomic E-state index is 0.0761. The topological polar surface area (TPSA) is 65.1 Å². The second-order valence-corrected chi connectivity index (χ2v) is 6.42. The lowest BCUT2D eigenvalue weighted by atomic mass is 10.0. The molecule has 25 heavy (non-hydrogen) atoms. The van der Waals surface area contributed by atoms with Crippen LogP contribution in [0.3, 0.4) is 0 Å². The van der Waals surface area contributed by atoms with Crippen molar-refractivity contribution in [2.24, 2.45) is 5.73 Å². The van der Waals surface area contributed by atoms with Crippen LogP contribution >= 0.6 is 11.6 Å². The third-order valence-electron chi connectivity index (χ3n) is 4.50. The smallest absolute Gasteiger partial charge is 0.248 e. The van der Waals surface area contributed by atoms with Gasteiger partial charge in [0.05, 0.1) is 5.52 Å². The zero-order valence-electron chi connectivity index (χ0n) is 14.2. The average molecular weight is 355 g/mol. The molecule has 0 fully saturated rings. The van der Waals surface area contributed by atoms with E-state index in [4.69, 9.17) is 17.3 Å². The summed E-state index contributed by atoms with van der Waals surface area (Å²) in [5.74, 6) is -0.416. The van der Waals surface area contributed by atoms with E-state index in [1.165, 1.54) is 0 Å². The van der Waals surface area contributed by atoms with E-state index in [2.05, 4.69) is 0 Å². The normalized spacial score (nSPS) is 11.0. The van der Waals surface area contributed by atoms with E-state index in [0.717, 1.165) is 22.2 Å². The lowest BCUT2D eigenvalue weighted by Gasteiger charge is -2.10. The molecule has 1 amide bonds.